The first kappa shape index (κ1) is 17.2. The Hall–Kier alpha value is -3.16. The number of halogens is 1. The van der Waals surface area contributed by atoms with Crippen LogP contribution in [-0.2, 0) is 4.74 Å². The second-order valence-electron chi connectivity index (χ2n) is 4.56. The summed E-state index contributed by atoms with van der Waals surface area (Å²) < 4.78 is 28.4. The minimum atomic E-state index is -0.641. The molecule has 0 aliphatic rings. The van der Waals surface area contributed by atoms with E-state index in [-0.39, 0.29) is 36.0 Å². The van der Waals surface area contributed by atoms with Crippen molar-refractivity contribution in [1.82, 2.24) is 0 Å². The van der Waals surface area contributed by atoms with Crippen LogP contribution in [0, 0.1) is 15.9 Å². The maximum atomic E-state index is 13.4. The second-order valence-corrected chi connectivity index (χ2v) is 4.56. The highest BCUT2D eigenvalue weighted by Gasteiger charge is 2.18. The summed E-state index contributed by atoms with van der Waals surface area (Å²) in [6.45, 7) is -0.0969. The van der Waals surface area contributed by atoms with Gasteiger partial charge < -0.3 is 14.2 Å². The van der Waals surface area contributed by atoms with E-state index in [1.165, 1.54) is 37.4 Å². The number of nitro groups is 1. The van der Waals surface area contributed by atoms with Gasteiger partial charge in [0.15, 0.2) is 17.3 Å². The van der Waals surface area contributed by atoms with Crippen LogP contribution in [0.25, 0.3) is 0 Å². The molecular weight excluding hydrogens is 321 g/mol. The van der Waals surface area contributed by atoms with Crippen LogP contribution in [0.15, 0.2) is 42.5 Å². The van der Waals surface area contributed by atoms with Gasteiger partial charge in [0, 0.05) is 12.1 Å². The molecule has 0 radical (unpaired) electrons. The van der Waals surface area contributed by atoms with Crippen molar-refractivity contribution in [3.8, 4) is 11.5 Å². The summed E-state index contributed by atoms with van der Waals surface area (Å²) in [7, 11) is 1.20. The zero-order chi connectivity index (χ0) is 17.5. The summed E-state index contributed by atoms with van der Waals surface area (Å²) in [6, 6.07) is 9.49. The van der Waals surface area contributed by atoms with Crippen molar-refractivity contribution in [2.24, 2.45) is 0 Å². The quantitative estimate of drug-likeness (QED) is 0.334. The summed E-state index contributed by atoms with van der Waals surface area (Å²) in [6.07, 6.45) is 0. The van der Waals surface area contributed by atoms with Crippen LogP contribution in [0.2, 0.25) is 0 Å². The Labute approximate surface area is 136 Å². The van der Waals surface area contributed by atoms with Crippen molar-refractivity contribution in [1.29, 1.82) is 0 Å². The molecular formula is C16H14FNO6. The molecule has 0 saturated heterocycles. The first-order valence-electron chi connectivity index (χ1n) is 6.90. The molecule has 0 aromatic heterocycles. The molecule has 2 aromatic rings. The SMILES string of the molecule is COC(=O)c1ccc([N+](=O)[O-])c(OCCOc2ccccc2F)c1. The normalized spacial score (nSPS) is 10.1. The van der Waals surface area contributed by atoms with Gasteiger partial charge in [0.1, 0.15) is 13.2 Å². The molecule has 0 heterocycles. The number of nitro benzene ring substituents is 1. The highest BCUT2D eigenvalue weighted by molar-refractivity contribution is 5.90. The number of nitrogens with zero attached hydrogens (tertiary/aromatic N) is 1. The van der Waals surface area contributed by atoms with E-state index in [9.17, 15) is 19.3 Å². The number of esters is 1. The number of benzene rings is 2. The molecule has 0 bridgehead atoms. The Morgan fingerprint density at radius 1 is 1.12 bits per heavy atom. The topological polar surface area (TPSA) is 87.9 Å². The van der Waals surface area contributed by atoms with Crippen LogP contribution in [0.4, 0.5) is 10.1 Å². The van der Waals surface area contributed by atoms with Gasteiger partial charge in [-0.05, 0) is 18.2 Å². The number of para-hydroxylation sites is 1. The first-order chi connectivity index (χ1) is 11.5. The van der Waals surface area contributed by atoms with Crippen molar-refractivity contribution in [3.63, 3.8) is 0 Å². The van der Waals surface area contributed by atoms with Crippen LogP contribution < -0.4 is 9.47 Å². The largest absolute Gasteiger partial charge is 0.487 e. The molecule has 24 heavy (non-hydrogen) atoms. The maximum absolute atomic E-state index is 13.4. The second kappa shape index (κ2) is 7.91. The minimum absolute atomic E-state index is 0.0272. The van der Waals surface area contributed by atoms with Crippen LogP contribution >= 0.6 is 0 Å². The van der Waals surface area contributed by atoms with Gasteiger partial charge in [-0.1, -0.05) is 12.1 Å². The van der Waals surface area contributed by atoms with E-state index < -0.39 is 16.7 Å². The third-order valence-electron chi connectivity index (χ3n) is 3.01. The lowest BCUT2D eigenvalue weighted by molar-refractivity contribution is -0.385. The number of methoxy groups -OCH3 is 1. The average molecular weight is 335 g/mol. The van der Waals surface area contributed by atoms with E-state index in [0.717, 1.165) is 6.07 Å². The van der Waals surface area contributed by atoms with Gasteiger partial charge in [0.25, 0.3) is 0 Å². The third-order valence-corrected chi connectivity index (χ3v) is 3.01. The number of ether oxygens (including phenoxy) is 3. The molecule has 0 spiro atoms. The standard InChI is InChI=1S/C16H14FNO6/c1-22-16(19)11-6-7-13(18(20)21)15(10-11)24-9-8-23-14-5-3-2-4-12(14)17/h2-7,10H,8-9H2,1H3. The molecule has 0 unspecified atom stereocenters. The molecule has 0 N–H and O–H groups in total. The predicted molar refractivity (Wildman–Crippen MR) is 81.8 cm³/mol. The van der Waals surface area contributed by atoms with Crippen molar-refractivity contribution >= 4 is 11.7 Å². The summed E-state index contributed by atoms with van der Waals surface area (Å²) in [4.78, 5) is 21.9. The van der Waals surface area contributed by atoms with E-state index in [0.29, 0.717) is 0 Å². The summed E-state index contributed by atoms with van der Waals surface area (Å²) >= 11 is 0. The number of hydrogen-bond donors (Lipinski definition) is 0. The maximum Gasteiger partial charge on any atom is 0.337 e. The van der Waals surface area contributed by atoms with E-state index in [2.05, 4.69) is 4.74 Å². The number of carbonyl (C=O) groups is 1. The zero-order valence-electron chi connectivity index (χ0n) is 12.7. The number of carbonyl (C=O) groups excluding carboxylic acids is 1. The summed E-state index contributed by atoms with van der Waals surface area (Å²) in [5, 5.41) is 11.0. The third kappa shape index (κ3) is 4.19. The highest BCUT2D eigenvalue weighted by Crippen LogP contribution is 2.28. The molecule has 0 aliphatic heterocycles. The van der Waals surface area contributed by atoms with Crippen LogP contribution in [0.5, 0.6) is 11.5 Å². The predicted octanol–water partition coefficient (Wildman–Crippen LogP) is 2.98. The first-order valence-corrected chi connectivity index (χ1v) is 6.90. The van der Waals surface area contributed by atoms with Crippen LogP contribution in [0.3, 0.4) is 0 Å². The van der Waals surface area contributed by atoms with Gasteiger partial charge in [-0.15, -0.1) is 0 Å². The average Bonchev–Trinajstić information content (AvgIpc) is 2.59. The van der Waals surface area contributed by atoms with E-state index in [1.54, 1.807) is 6.07 Å². The lowest BCUT2D eigenvalue weighted by Gasteiger charge is -2.10. The van der Waals surface area contributed by atoms with Gasteiger partial charge in [-0.25, -0.2) is 9.18 Å². The monoisotopic (exact) mass is 335 g/mol. The molecule has 0 saturated carbocycles. The molecule has 0 aliphatic carbocycles. The van der Waals surface area contributed by atoms with Gasteiger partial charge in [-0.2, -0.15) is 0 Å². The van der Waals surface area contributed by atoms with Crippen molar-refractivity contribution < 1.29 is 28.3 Å². The fourth-order valence-corrected chi connectivity index (χ4v) is 1.89. The Morgan fingerprint density at radius 3 is 2.42 bits per heavy atom. The molecule has 126 valence electrons. The number of hydrogen-bond acceptors (Lipinski definition) is 6. The Kier molecular flexibility index (Phi) is 5.67. The van der Waals surface area contributed by atoms with E-state index >= 15 is 0 Å². The van der Waals surface area contributed by atoms with Crippen molar-refractivity contribution in [3.05, 3.63) is 64.0 Å². The van der Waals surface area contributed by atoms with Gasteiger partial charge in [-0.3, -0.25) is 10.1 Å². The zero-order valence-corrected chi connectivity index (χ0v) is 12.7. The van der Waals surface area contributed by atoms with E-state index in [4.69, 9.17) is 9.47 Å². The summed E-state index contributed by atoms with van der Waals surface area (Å²) in [5.74, 6) is -1.20. The molecule has 7 nitrogen and oxygen atoms in total. The van der Waals surface area contributed by atoms with Crippen LogP contribution in [0.1, 0.15) is 10.4 Å². The Morgan fingerprint density at radius 2 is 1.79 bits per heavy atom. The molecule has 0 atom stereocenters. The number of rotatable bonds is 7. The Balaban J connectivity index is 2.03. The van der Waals surface area contributed by atoms with E-state index in [1.807, 2.05) is 0 Å². The molecule has 0 fully saturated rings. The lowest BCUT2D eigenvalue weighted by atomic mass is 10.2. The van der Waals surface area contributed by atoms with Gasteiger partial charge in [0.2, 0.25) is 0 Å². The molecule has 2 rings (SSSR count). The van der Waals surface area contributed by atoms with Crippen molar-refractivity contribution in [2.45, 2.75) is 0 Å². The summed E-state index contributed by atoms with van der Waals surface area (Å²) in [5.41, 5.74) is -0.179. The Bertz CT molecular complexity index is 749. The minimum Gasteiger partial charge on any atom is -0.487 e. The van der Waals surface area contributed by atoms with Gasteiger partial charge >= 0.3 is 11.7 Å². The fraction of sp³-hybridized carbons (Fsp3) is 0.188. The molecule has 0 amide bonds. The highest BCUT2D eigenvalue weighted by atomic mass is 19.1. The fourth-order valence-electron chi connectivity index (χ4n) is 1.89. The van der Waals surface area contributed by atoms with Gasteiger partial charge in [0.05, 0.1) is 17.6 Å². The smallest absolute Gasteiger partial charge is 0.337 e. The lowest BCUT2D eigenvalue weighted by Crippen LogP contribution is -2.11. The van der Waals surface area contributed by atoms with Crippen LogP contribution in [-0.4, -0.2) is 31.2 Å². The molecule has 8 heteroatoms. The molecule has 2 aromatic carbocycles. The van der Waals surface area contributed by atoms with Crippen molar-refractivity contribution in [2.75, 3.05) is 20.3 Å².